The van der Waals surface area contributed by atoms with Gasteiger partial charge in [0.2, 0.25) is 5.91 Å². The molecule has 1 aliphatic rings. The van der Waals surface area contributed by atoms with E-state index in [1.807, 2.05) is 62.4 Å². The van der Waals surface area contributed by atoms with Crippen molar-refractivity contribution < 1.29 is 14.3 Å². The van der Waals surface area contributed by atoms with Crippen LogP contribution in [0, 0.1) is 0 Å². The van der Waals surface area contributed by atoms with Crippen LogP contribution < -0.4 is 15.0 Å². The summed E-state index contributed by atoms with van der Waals surface area (Å²) in [4.78, 5) is 32.8. The maximum Gasteiger partial charge on any atom is 0.261 e. The van der Waals surface area contributed by atoms with Gasteiger partial charge in [-0.2, -0.15) is 0 Å². The van der Waals surface area contributed by atoms with Crippen LogP contribution in [-0.4, -0.2) is 29.4 Å². The normalized spacial score (nSPS) is 12.7. The molecule has 0 aliphatic carbocycles. The fourth-order valence-electron chi connectivity index (χ4n) is 3.63. The number of pyridine rings is 1. The lowest BCUT2D eigenvalue weighted by Gasteiger charge is -2.22. The fraction of sp³-hybridized carbons (Fsp3) is 0.269. The Kier molecular flexibility index (Phi) is 7.29. The molecule has 2 aromatic carbocycles. The number of anilines is 1. The van der Waals surface area contributed by atoms with Crippen LogP contribution in [0.3, 0.4) is 0 Å². The van der Waals surface area contributed by atoms with Gasteiger partial charge in [0, 0.05) is 30.6 Å². The topological polar surface area (TPSA) is 71.5 Å². The number of nitrogens with zero attached hydrogens (tertiary/aromatic N) is 2. The molecule has 1 N–H and O–H groups in total. The van der Waals surface area contributed by atoms with E-state index in [1.54, 1.807) is 23.2 Å². The van der Waals surface area contributed by atoms with E-state index in [4.69, 9.17) is 4.74 Å². The van der Waals surface area contributed by atoms with Gasteiger partial charge < -0.3 is 15.0 Å². The number of fused-ring (bicyclic) bond motifs is 2. The first-order chi connectivity index (χ1) is 16.0. The molecule has 1 aromatic heterocycles. The van der Waals surface area contributed by atoms with Crippen LogP contribution in [0.15, 0.2) is 76.8 Å². The van der Waals surface area contributed by atoms with E-state index in [1.165, 1.54) is 11.8 Å². The summed E-state index contributed by atoms with van der Waals surface area (Å²) in [6, 6.07) is 19.1. The number of nitrogens with one attached hydrogen (secondary N) is 1. The summed E-state index contributed by atoms with van der Waals surface area (Å²) in [5, 5.41) is 3.67. The zero-order chi connectivity index (χ0) is 23.2. The monoisotopic (exact) mass is 461 g/mol. The third-order valence-corrected chi connectivity index (χ3v) is 6.26. The fourth-order valence-corrected chi connectivity index (χ4v) is 4.64. The number of benzene rings is 2. The average Bonchev–Trinajstić information content (AvgIpc) is 2.93. The SMILES string of the molecule is CC(C)Oc1ccc(CNC(=O)CCCN2C(=O)c3cccnc3Sc3ccccc32)cc1. The minimum atomic E-state index is -0.0836. The molecule has 0 atom stereocenters. The van der Waals surface area contributed by atoms with Gasteiger partial charge in [-0.15, -0.1) is 0 Å². The Morgan fingerprint density at radius 2 is 1.88 bits per heavy atom. The predicted octanol–water partition coefficient (Wildman–Crippen LogP) is 5.08. The molecule has 0 bridgehead atoms. The van der Waals surface area contributed by atoms with Crippen molar-refractivity contribution in [3.05, 3.63) is 78.0 Å². The van der Waals surface area contributed by atoms with Crippen molar-refractivity contribution >= 4 is 29.3 Å². The van der Waals surface area contributed by atoms with Crippen molar-refractivity contribution in [2.24, 2.45) is 0 Å². The molecule has 3 aromatic rings. The number of aromatic nitrogens is 1. The number of carbonyl (C=O) groups excluding carboxylic acids is 2. The van der Waals surface area contributed by atoms with Crippen molar-refractivity contribution in [2.75, 3.05) is 11.4 Å². The smallest absolute Gasteiger partial charge is 0.261 e. The van der Waals surface area contributed by atoms with Gasteiger partial charge in [-0.3, -0.25) is 9.59 Å². The van der Waals surface area contributed by atoms with Crippen molar-refractivity contribution in [1.82, 2.24) is 10.3 Å². The standard InChI is InChI=1S/C26H27N3O3S/c1-18(2)32-20-13-11-19(12-14-20)17-28-24(30)10-6-16-29-22-8-3-4-9-23(22)33-25-21(26(29)31)7-5-15-27-25/h3-5,7-9,11-15,18H,6,10,16-17H2,1-2H3,(H,28,30). The van der Waals surface area contributed by atoms with Gasteiger partial charge in [-0.1, -0.05) is 36.0 Å². The second-order valence-corrected chi connectivity index (χ2v) is 9.10. The maximum absolute atomic E-state index is 13.2. The van der Waals surface area contributed by atoms with E-state index < -0.39 is 0 Å². The second-order valence-electron chi connectivity index (χ2n) is 8.07. The highest BCUT2D eigenvalue weighted by Crippen LogP contribution is 2.40. The van der Waals surface area contributed by atoms with Gasteiger partial charge in [-0.05, 0) is 62.2 Å². The summed E-state index contributed by atoms with van der Waals surface area (Å²) in [7, 11) is 0. The lowest BCUT2D eigenvalue weighted by molar-refractivity contribution is -0.121. The van der Waals surface area contributed by atoms with E-state index >= 15 is 0 Å². The Morgan fingerprint density at radius 3 is 2.67 bits per heavy atom. The molecule has 0 unspecified atom stereocenters. The van der Waals surface area contributed by atoms with Crippen molar-refractivity contribution in [1.29, 1.82) is 0 Å². The first-order valence-corrected chi connectivity index (χ1v) is 11.9. The molecular weight excluding hydrogens is 434 g/mol. The molecular formula is C26H27N3O3S. The molecule has 0 fully saturated rings. The Hall–Kier alpha value is -3.32. The minimum absolute atomic E-state index is 0.0375. The van der Waals surface area contributed by atoms with E-state index in [0.717, 1.165) is 21.9 Å². The largest absolute Gasteiger partial charge is 0.491 e. The van der Waals surface area contributed by atoms with E-state index in [9.17, 15) is 9.59 Å². The molecule has 0 saturated carbocycles. The van der Waals surface area contributed by atoms with E-state index in [0.29, 0.717) is 36.5 Å². The van der Waals surface area contributed by atoms with Crippen LogP contribution in [0.25, 0.3) is 0 Å². The molecule has 1 aliphatic heterocycles. The molecule has 170 valence electrons. The average molecular weight is 462 g/mol. The number of ether oxygens (including phenoxy) is 1. The number of para-hydroxylation sites is 1. The third-order valence-electron chi connectivity index (χ3n) is 5.18. The van der Waals surface area contributed by atoms with Crippen LogP contribution in [0.2, 0.25) is 0 Å². The van der Waals surface area contributed by atoms with Crippen molar-refractivity contribution in [3.63, 3.8) is 0 Å². The summed E-state index contributed by atoms with van der Waals surface area (Å²) in [6.45, 7) is 4.89. The summed E-state index contributed by atoms with van der Waals surface area (Å²) >= 11 is 1.50. The molecule has 2 heterocycles. The lowest BCUT2D eigenvalue weighted by Crippen LogP contribution is -2.33. The van der Waals surface area contributed by atoms with Crippen LogP contribution in [0.1, 0.15) is 42.6 Å². The molecule has 6 nitrogen and oxygen atoms in total. The Morgan fingerprint density at radius 1 is 1.09 bits per heavy atom. The van der Waals surface area contributed by atoms with Gasteiger partial charge in [-0.25, -0.2) is 4.98 Å². The van der Waals surface area contributed by atoms with Gasteiger partial charge in [0.05, 0.1) is 17.4 Å². The van der Waals surface area contributed by atoms with Crippen LogP contribution in [0.4, 0.5) is 5.69 Å². The maximum atomic E-state index is 13.2. The summed E-state index contributed by atoms with van der Waals surface area (Å²) in [5.74, 6) is 0.696. The van der Waals surface area contributed by atoms with Crippen LogP contribution >= 0.6 is 11.8 Å². The van der Waals surface area contributed by atoms with Crippen LogP contribution in [0.5, 0.6) is 5.75 Å². The molecule has 0 saturated heterocycles. The van der Waals surface area contributed by atoms with E-state index in [-0.39, 0.29) is 17.9 Å². The highest BCUT2D eigenvalue weighted by atomic mass is 32.2. The molecule has 0 radical (unpaired) electrons. The Labute approximate surface area is 198 Å². The zero-order valence-electron chi connectivity index (χ0n) is 18.8. The predicted molar refractivity (Wildman–Crippen MR) is 130 cm³/mol. The van der Waals surface area contributed by atoms with Gasteiger partial charge in [0.1, 0.15) is 10.8 Å². The summed E-state index contributed by atoms with van der Waals surface area (Å²) in [6.07, 6.45) is 2.73. The first kappa shape index (κ1) is 22.9. The van der Waals surface area contributed by atoms with Gasteiger partial charge >= 0.3 is 0 Å². The lowest BCUT2D eigenvalue weighted by atomic mass is 10.2. The molecule has 33 heavy (non-hydrogen) atoms. The van der Waals surface area contributed by atoms with Crippen molar-refractivity contribution in [2.45, 2.75) is 49.3 Å². The second kappa shape index (κ2) is 10.5. The third kappa shape index (κ3) is 5.73. The highest BCUT2D eigenvalue weighted by molar-refractivity contribution is 7.99. The summed E-state index contributed by atoms with van der Waals surface area (Å²) in [5.41, 5.74) is 2.46. The number of carbonyl (C=O) groups is 2. The number of hydrogen-bond acceptors (Lipinski definition) is 5. The molecule has 4 rings (SSSR count). The number of hydrogen-bond donors (Lipinski definition) is 1. The zero-order valence-corrected chi connectivity index (χ0v) is 19.6. The van der Waals surface area contributed by atoms with Gasteiger partial charge in [0.25, 0.3) is 5.91 Å². The molecule has 2 amide bonds. The van der Waals surface area contributed by atoms with Crippen molar-refractivity contribution in [3.8, 4) is 5.75 Å². The molecule has 0 spiro atoms. The molecule has 7 heteroatoms. The van der Waals surface area contributed by atoms with E-state index in [2.05, 4.69) is 10.3 Å². The highest BCUT2D eigenvalue weighted by Gasteiger charge is 2.27. The quantitative estimate of drug-likeness (QED) is 0.507. The van der Waals surface area contributed by atoms with Gasteiger partial charge in [0.15, 0.2) is 0 Å². The van der Waals surface area contributed by atoms with Crippen LogP contribution in [-0.2, 0) is 11.3 Å². The number of amides is 2. The Bertz CT molecular complexity index is 1130. The summed E-state index contributed by atoms with van der Waals surface area (Å²) < 4.78 is 5.65. The minimum Gasteiger partial charge on any atom is -0.491 e. The first-order valence-electron chi connectivity index (χ1n) is 11.1. The number of rotatable bonds is 8. The Balaban J connectivity index is 1.34.